The molecule has 0 unspecified atom stereocenters. The molecule has 2 amide bonds. The first kappa shape index (κ1) is 15.3. The van der Waals surface area contributed by atoms with E-state index < -0.39 is 12.2 Å². The summed E-state index contributed by atoms with van der Waals surface area (Å²) in [6.07, 6.45) is -0.697. The van der Waals surface area contributed by atoms with E-state index in [1.807, 2.05) is 6.07 Å². The highest BCUT2D eigenvalue weighted by Crippen LogP contribution is 2.43. The van der Waals surface area contributed by atoms with E-state index in [-0.39, 0.29) is 19.3 Å². The highest BCUT2D eigenvalue weighted by atomic mass is 16.6. The van der Waals surface area contributed by atoms with Gasteiger partial charge in [0, 0.05) is 12.5 Å². The average molecular weight is 322 g/mol. The van der Waals surface area contributed by atoms with Crippen molar-refractivity contribution in [2.45, 2.75) is 19.4 Å². The van der Waals surface area contributed by atoms with Gasteiger partial charge in [-0.1, -0.05) is 0 Å². The maximum atomic E-state index is 12.4. The Morgan fingerprint density at radius 2 is 2.13 bits per heavy atom. The number of hydrazine groups is 1. The van der Waals surface area contributed by atoms with E-state index in [1.165, 1.54) is 17.1 Å². The number of anilines is 1. The fourth-order valence-electron chi connectivity index (χ4n) is 2.88. The Labute approximate surface area is 133 Å². The van der Waals surface area contributed by atoms with Gasteiger partial charge in [-0.25, -0.2) is 14.6 Å². The highest BCUT2D eigenvalue weighted by molar-refractivity contribution is 5.95. The Morgan fingerprint density at radius 1 is 1.35 bits per heavy atom. The summed E-state index contributed by atoms with van der Waals surface area (Å²) in [7, 11) is 3.05. The maximum absolute atomic E-state index is 12.4. The van der Waals surface area contributed by atoms with Gasteiger partial charge in [0.15, 0.2) is 0 Å². The van der Waals surface area contributed by atoms with Crippen molar-refractivity contribution in [2.24, 2.45) is 0 Å². The second kappa shape index (κ2) is 5.86. The van der Waals surface area contributed by atoms with Gasteiger partial charge in [-0.2, -0.15) is 5.01 Å². The molecule has 1 aromatic rings. The fourth-order valence-corrected chi connectivity index (χ4v) is 2.88. The second-order valence-electron chi connectivity index (χ2n) is 5.13. The molecule has 0 saturated carbocycles. The van der Waals surface area contributed by atoms with Crippen LogP contribution in [0.4, 0.5) is 15.3 Å². The van der Waals surface area contributed by atoms with Crippen LogP contribution in [0.15, 0.2) is 12.1 Å². The van der Waals surface area contributed by atoms with Gasteiger partial charge in [-0.15, -0.1) is 0 Å². The van der Waals surface area contributed by atoms with E-state index in [4.69, 9.17) is 18.9 Å². The van der Waals surface area contributed by atoms with Crippen molar-refractivity contribution in [3.05, 3.63) is 17.7 Å². The molecule has 23 heavy (non-hydrogen) atoms. The first-order valence-electron chi connectivity index (χ1n) is 7.28. The van der Waals surface area contributed by atoms with Crippen molar-refractivity contribution >= 4 is 17.9 Å². The molecule has 2 aliphatic heterocycles. The van der Waals surface area contributed by atoms with Gasteiger partial charge in [0.2, 0.25) is 0 Å². The van der Waals surface area contributed by atoms with Gasteiger partial charge in [0.1, 0.15) is 23.8 Å². The third-order valence-electron chi connectivity index (χ3n) is 3.84. The number of hydrogen-bond donors (Lipinski definition) is 0. The van der Waals surface area contributed by atoms with Crippen molar-refractivity contribution < 1.29 is 28.5 Å². The van der Waals surface area contributed by atoms with Crippen LogP contribution in [-0.2, 0) is 15.9 Å². The van der Waals surface area contributed by atoms with Gasteiger partial charge >= 0.3 is 12.2 Å². The van der Waals surface area contributed by atoms with Crippen molar-refractivity contribution in [3.63, 3.8) is 0 Å². The van der Waals surface area contributed by atoms with Gasteiger partial charge in [-0.3, -0.25) is 0 Å². The number of nitrogens with zero attached hydrogens (tertiary/aromatic N) is 2. The lowest BCUT2D eigenvalue weighted by atomic mass is 10.00. The molecule has 1 atom stereocenters. The number of cyclic esters (lactones) is 1. The SMILES string of the molecule is CCOC(=O)N1c2c(cc(OC)cc2OC)C[C@@H]2COC(=O)N21. The Morgan fingerprint density at radius 3 is 2.78 bits per heavy atom. The van der Waals surface area contributed by atoms with Gasteiger partial charge < -0.3 is 18.9 Å². The molecule has 0 spiro atoms. The number of fused-ring (bicyclic) bond motifs is 2. The topological polar surface area (TPSA) is 77.5 Å². The standard InChI is InChI=1S/C15H18N2O6/c1-4-22-15(19)17-13-9(5-10-8-23-14(18)16(10)17)6-11(20-2)7-12(13)21-3/h6-7,10H,4-5,8H2,1-3H3/t10-/m1/s1. The minimum Gasteiger partial charge on any atom is -0.497 e. The minimum atomic E-state index is -0.652. The van der Waals surface area contributed by atoms with Crippen LogP contribution in [0.5, 0.6) is 11.5 Å². The molecular formula is C15H18N2O6. The predicted octanol–water partition coefficient (Wildman–Crippen LogP) is 1.96. The largest absolute Gasteiger partial charge is 0.497 e. The first-order chi connectivity index (χ1) is 11.1. The minimum absolute atomic E-state index is 0.191. The Kier molecular flexibility index (Phi) is 3.89. The molecule has 8 heteroatoms. The summed E-state index contributed by atoms with van der Waals surface area (Å²) >= 11 is 0. The van der Waals surface area contributed by atoms with Crippen LogP contribution in [0, 0.1) is 0 Å². The number of carbonyl (C=O) groups excluding carboxylic acids is 2. The van der Waals surface area contributed by atoms with Crippen LogP contribution in [-0.4, -0.2) is 50.7 Å². The molecule has 1 aromatic carbocycles. The second-order valence-corrected chi connectivity index (χ2v) is 5.13. The van der Waals surface area contributed by atoms with Gasteiger partial charge in [0.25, 0.3) is 0 Å². The van der Waals surface area contributed by atoms with Crippen LogP contribution in [0.25, 0.3) is 0 Å². The number of carbonyl (C=O) groups is 2. The van der Waals surface area contributed by atoms with Crippen LogP contribution in [0.3, 0.4) is 0 Å². The lowest BCUT2D eigenvalue weighted by Crippen LogP contribution is -2.55. The van der Waals surface area contributed by atoms with Crippen LogP contribution in [0.1, 0.15) is 12.5 Å². The first-order valence-corrected chi connectivity index (χ1v) is 7.28. The number of benzene rings is 1. The zero-order valence-electron chi connectivity index (χ0n) is 13.2. The van der Waals surface area contributed by atoms with Crippen LogP contribution >= 0.6 is 0 Å². The van der Waals surface area contributed by atoms with Crippen LogP contribution in [0.2, 0.25) is 0 Å². The predicted molar refractivity (Wildman–Crippen MR) is 79.7 cm³/mol. The average Bonchev–Trinajstić information content (AvgIpc) is 2.92. The smallest absolute Gasteiger partial charge is 0.433 e. The summed E-state index contributed by atoms with van der Waals surface area (Å²) in [6, 6.07) is 3.22. The molecule has 0 aromatic heterocycles. The molecule has 0 bridgehead atoms. The molecule has 3 rings (SSSR count). The zero-order valence-corrected chi connectivity index (χ0v) is 13.2. The Hall–Kier alpha value is -2.64. The van der Waals surface area contributed by atoms with Crippen molar-refractivity contribution in [1.82, 2.24) is 5.01 Å². The van der Waals surface area contributed by atoms with E-state index in [0.29, 0.717) is 23.6 Å². The Bertz CT molecular complexity index is 647. The monoisotopic (exact) mass is 322 g/mol. The van der Waals surface area contributed by atoms with Gasteiger partial charge in [0.05, 0.1) is 26.9 Å². The van der Waals surface area contributed by atoms with Crippen molar-refractivity contribution in [3.8, 4) is 11.5 Å². The quantitative estimate of drug-likeness (QED) is 0.846. The molecule has 0 radical (unpaired) electrons. The van der Waals surface area contributed by atoms with E-state index >= 15 is 0 Å². The van der Waals surface area contributed by atoms with E-state index in [1.54, 1.807) is 20.1 Å². The lowest BCUT2D eigenvalue weighted by molar-refractivity contribution is 0.124. The number of ether oxygens (including phenoxy) is 4. The third-order valence-corrected chi connectivity index (χ3v) is 3.84. The number of rotatable bonds is 3. The van der Waals surface area contributed by atoms with Crippen molar-refractivity contribution in [2.75, 3.05) is 32.4 Å². The molecule has 0 aliphatic carbocycles. The molecule has 124 valence electrons. The third kappa shape index (κ3) is 2.39. The molecule has 2 heterocycles. The maximum Gasteiger partial charge on any atom is 0.433 e. The summed E-state index contributed by atoms with van der Waals surface area (Å²) in [4.78, 5) is 24.5. The molecule has 8 nitrogen and oxygen atoms in total. The summed E-state index contributed by atoms with van der Waals surface area (Å²) in [5, 5.41) is 2.48. The highest BCUT2D eigenvalue weighted by Gasteiger charge is 2.47. The van der Waals surface area contributed by atoms with E-state index in [9.17, 15) is 9.59 Å². The Balaban J connectivity index is 2.15. The summed E-state index contributed by atoms with van der Waals surface area (Å²) in [5.41, 5.74) is 1.30. The number of amides is 2. The van der Waals surface area contributed by atoms with E-state index in [0.717, 1.165) is 5.56 Å². The van der Waals surface area contributed by atoms with Crippen LogP contribution < -0.4 is 14.5 Å². The summed E-state index contributed by atoms with van der Waals surface area (Å²) in [5.74, 6) is 1.04. The molecule has 2 aliphatic rings. The number of methoxy groups -OCH3 is 2. The lowest BCUT2D eigenvalue weighted by Gasteiger charge is -2.38. The molecule has 0 N–H and O–H groups in total. The molecule has 1 saturated heterocycles. The van der Waals surface area contributed by atoms with Crippen molar-refractivity contribution in [1.29, 1.82) is 0 Å². The summed E-state index contributed by atoms with van der Waals surface area (Å²) < 4.78 is 20.8. The number of hydrogen-bond acceptors (Lipinski definition) is 6. The zero-order chi connectivity index (χ0) is 16.6. The molecule has 1 fully saturated rings. The van der Waals surface area contributed by atoms with E-state index in [2.05, 4.69) is 0 Å². The normalized spacial score (nSPS) is 18.9. The molecular weight excluding hydrogens is 304 g/mol. The van der Waals surface area contributed by atoms with Gasteiger partial charge in [-0.05, 0) is 18.6 Å². The summed E-state index contributed by atoms with van der Waals surface area (Å²) in [6.45, 7) is 2.11. The fraction of sp³-hybridized carbons (Fsp3) is 0.467.